The average Bonchev–Trinajstić information content (AvgIpc) is 2.77. The molecule has 0 rings (SSSR count). The van der Waals surface area contributed by atoms with Crippen molar-refractivity contribution < 1.29 is 30.3 Å². The van der Waals surface area contributed by atoms with E-state index in [9.17, 15) is 30.3 Å². The van der Waals surface area contributed by atoms with Crippen LogP contribution in [0.1, 0.15) is 126 Å². The Labute approximate surface area is 231 Å². The van der Waals surface area contributed by atoms with E-state index in [1.807, 2.05) is 6.92 Å². The first-order valence-corrected chi connectivity index (χ1v) is 14.1. The Hall–Kier alpha value is -1.73. The molecule has 0 amide bonds. The molecule has 0 aliphatic rings. The Morgan fingerprint density at radius 1 is 0.711 bits per heavy atom. The second kappa shape index (κ2) is 17.1. The molecule has 220 valence electrons. The molecule has 0 spiro atoms. The van der Waals surface area contributed by atoms with Crippen molar-refractivity contribution in [3.8, 4) is 0 Å². The molecule has 0 heterocycles. The Morgan fingerprint density at radius 2 is 1.16 bits per heavy atom. The smallest absolute Gasteiger partial charge is 0.306 e. The third-order valence-corrected chi connectivity index (χ3v) is 7.37. The van der Waals surface area contributed by atoms with Crippen LogP contribution in [-0.2, 0) is 4.79 Å². The van der Waals surface area contributed by atoms with E-state index in [1.165, 1.54) is 37.5 Å². The highest BCUT2D eigenvalue weighted by molar-refractivity contribution is 5.68. The van der Waals surface area contributed by atoms with E-state index in [0.29, 0.717) is 6.42 Å². The van der Waals surface area contributed by atoms with E-state index in [-0.39, 0.29) is 19.3 Å². The van der Waals surface area contributed by atoms with E-state index < -0.39 is 35.3 Å². The van der Waals surface area contributed by atoms with E-state index in [2.05, 4.69) is 52.0 Å². The summed E-state index contributed by atoms with van der Waals surface area (Å²) in [7, 11) is 0. The van der Waals surface area contributed by atoms with Gasteiger partial charge in [-0.25, -0.2) is 0 Å². The van der Waals surface area contributed by atoms with Gasteiger partial charge in [0.05, 0.1) is 23.7 Å². The lowest BCUT2D eigenvalue weighted by Gasteiger charge is -2.41. The molecule has 3 atom stereocenters. The van der Waals surface area contributed by atoms with Gasteiger partial charge in [0.2, 0.25) is 0 Å². The highest BCUT2D eigenvalue weighted by atomic mass is 16.4. The van der Waals surface area contributed by atoms with Gasteiger partial charge in [0.15, 0.2) is 0 Å². The molecular weight excluding hydrogens is 480 g/mol. The van der Waals surface area contributed by atoms with Gasteiger partial charge in [-0.1, -0.05) is 46.6 Å². The number of carboxylic acids is 1. The third kappa shape index (κ3) is 15.6. The van der Waals surface area contributed by atoms with Gasteiger partial charge < -0.3 is 25.5 Å². The minimum Gasteiger partial charge on any atom is -0.481 e. The molecule has 0 aliphatic carbocycles. The summed E-state index contributed by atoms with van der Waals surface area (Å²) < 4.78 is 0. The number of rotatable bonds is 19. The van der Waals surface area contributed by atoms with Crippen LogP contribution >= 0.6 is 0 Å². The lowest BCUT2D eigenvalue weighted by molar-refractivity contribution is -0.175. The first-order chi connectivity index (χ1) is 17.4. The zero-order chi connectivity index (χ0) is 29.6. The first-order valence-electron chi connectivity index (χ1n) is 14.1. The molecule has 3 unspecified atom stereocenters. The molecule has 0 bridgehead atoms. The molecule has 6 nitrogen and oxygen atoms in total. The number of aliphatic hydroxyl groups excluding tert-OH is 1. The zero-order valence-electron chi connectivity index (χ0n) is 25.3. The van der Waals surface area contributed by atoms with Crippen molar-refractivity contribution in [1.82, 2.24) is 0 Å². The van der Waals surface area contributed by atoms with Gasteiger partial charge in [-0.05, 0) is 120 Å². The van der Waals surface area contributed by atoms with Gasteiger partial charge in [-0.3, -0.25) is 4.79 Å². The van der Waals surface area contributed by atoms with Gasteiger partial charge in [-0.15, -0.1) is 0 Å². The van der Waals surface area contributed by atoms with Crippen LogP contribution < -0.4 is 0 Å². The number of carbonyl (C=O) groups is 1. The summed E-state index contributed by atoms with van der Waals surface area (Å²) in [6.07, 6.45) is 13.9. The maximum absolute atomic E-state index is 11.5. The van der Waals surface area contributed by atoms with E-state index in [0.717, 1.165) is 44.1 Å². The van der Waals surface area contributed by atoms with Gasteiger partial charge in [0.1, 0.15) is 5.60 Å². The van der Waals surface area contributed by atoms with Crippen molar-refractivity contribution in [1.29, 1.82) is 0 Å². The second-order valence-corrected chi connectivity index (χ2v) is 12.2. The van der Waals surface area contributed by atoms with Crippen molar-refractivity contribution in [2.75, 3.05) is 0 Å². The minimum atomic E-state index is -1.86. The number of unbranched alkanes of at least 4 members (excludes halogenated alkanes) is 1. The summed E-state index contributed by atoms with van der Waals surface area (Å²) in [4.78, 5) is 11.5. The third-order valence-electron chi connectivity index (χ3n) is 7.37. The van der Waals surface area contributed by atoms with Crippen LogP contribution in [0.15, 0.2) is 46.6 Å². The molecule has 0 saturated heterocycles. The summed E-state index contributed by atoms with van der Waals surface area (Å²) in [6.45, 7) is 14.9. The van der Waals surface area contributed by atoms with E-state index in [4.69, 9.17) is 0 Å². The summed E-state index contributed by atoms with van der Waals surface area (Å²) in [5.41, 5.74) is 0.240. The Kier molecular flexibility index (Phi) is 16.3. The molecule has 0 radical (unpaired) electrons. The Morgan fingerprint density at radius 3 is 1.61 bits per heavy atom. The summed E-state index contributed by atoms with van der Waals surface area (Å²) in [6, 6.07) is 0. The van der Waals surface area contributed by atoms with Crippen molar-refractivity contribution in [3.63, 3.8) is 0 Å². The fraction of sp³-hybridized carbons (Fsp3) is 0.719. The number of allylic oxidation sites excluding steroid dienone is 8. The summed E-state index contributed by atoms with van der Waals surface area (Å²) in [5.74, 6) is -1.20. The predicted octanol–water partition coefficient (Wildman–Crippen LogP) is 6.78. The largest absolute Gasteiger partial charge is 0.481 e. The van der Waals surface area contributed by atoms with E-state index >= 15 is 0 Å². The molecule has 0 aromatic heterocycles. The lowest BCUT2D eigenvalue weighted by Crippen LogP contribution is -2.54. The maximum Gasteiger partial charge on any atom is 0.306 e. The fourth-order valence-electron chi connectivity index (χ4n) is 4.31. The minimum absolute atomic E-state index is 0.0319. The molecular formula is C32H56O6. The SMILES string of the molecule is CC(C)=CCCC(C)=CCCC(C)=CCCC=C(C)CCC(O)(CC(=O)O)C(C)(O)CCC(O)C(C)(C)O. The monoisotopic (exact) mass is 536 g/mol. The van der Waals surface area contributed by atoms with Gasteiger partial charge in [0, 0.05) is 0 Å². The summed E-state index contributed by atoms with van der Waals surface area (Å²) >= 11 is 0. The highest BCUT2D eigenvalue weighted by Crippen LogP contribution is 2.36. The first kappa shape index (κ1) is 36.3. The molecule has 5 N–H and O–H groups in total. The molecule has 0 aliphatic heterocycles. The number of hydrogen-bond donors (Lipinski definition) is 5. The Balaban J connectivity index is 4.84. The van der Waals surface area contributed by atoms with Crippen LogP contribution in [0.25, 0.3) is 0 Å². The molecule has 6 heteroatoms. The van der Waals surface area contributed by atoms with Gasteiger partial charge in [-0.2, -0.15) is 0 Å². The zero-order valence-corrected chi connectivity index (χ0v) is 25.3. The summed E-state index contributed by atoms with van der Waals surface area (Å²) in [5, 5.41) is 51.6. The highest BCUT2D eigenvalue weighted by Gasteiger charge is 2.47. The average molecular weight is 537 g/mol. The molecule has 0 saturated carbocycles. The van der Waals surface area contributed by atoms with Crippen LogP contribution in [0.5, 0.6) is 0 Å². The normalized spacial score (nSPS) is 17.5. The second-order valence-electron chi connectivity index (χ2n) is 12.2. The van der Waals surface area contributed by atoms with Gasteiger partial charge >= 0.3 is 5.97 Å². The molecule has 0 fully saturated rings. The van der Waals surface area contributed by atoms with Crippen molar-refractivity contribution >= 4 is 5.97 Å². The van der Waals surface area contributed by atoms with Crippen molar-refractivity contribution in [2.24, 2.45) is 0 Å². The van der Waals surface area contributed by atoms with Crippen molar-refractivity contribution in [3.05, 3.63) is 46.6 Å². The Bertz CT molecular complexity index is 837. The number of aliphatic carboxylic acids is 1. The predicted molar refractivity (Wildman–Crippen MR) is 157 cm³/mol. The number of aliphatic hydroxyl groups is 4. The number of carboxylic acid groups (broad SMARTS) is 1. The van der Waals surface area contributed by atoms with Crippen LogP contribution in [0.2, 0.25) is 0 Å². The van der Waals surface area contributed by atoms with Crippen LogP contribution in [0.3, 0.4) is 0 Å². The number of hydrogen-bond acceptors (Lipinski definition) is 5. The van der Waals surface area contributed by atoms with Crippen LogP contribution in [0, 0.1) is 0 Å². The fourth-order valence-corrected chi connectivity index (χ4v) is 4.31. The van der Waals surface area contributed by atoms with E-state index in [1.54, 1.807) is 0 Å². The molecule has 0 aromatic rings. The maximum atomic E-state index is 11.5. The molecule has 38 heavy (non-hydrogen) atoms. The standard InChI is InChI=1S/C32H56O6/c1-24(2)13-11-16-26(4)18-12-17-25(3)14-9-10-15-27(5)19-22-32(38,23-29(34)35)31(8,37)21-20-28(33)30(6,7)36/h13-15,18,28,33,36-38H,9-12,16-17,19-23H2,1-8H3,(H,34,35). The lowest BCUT2D eigenvalue weighted by atomic mass is 9.74. The van der Waals surface area contributed by atoms with Gasteiger partial charge in [0.25, 0.3) is 0 Å². The van der Waals surface area contributed by atoms with Crippen LogP contribution in [-0.4, -0.2) is 54.4 Å². The molecule has 0 aromatic carbocycles. The topological polar surface area (TPSA) is 118 Å². The quantitative estimate of drug-likeness (QED) is 0.0917. The van der Waals surface area contributed by atoms with Crippen molar-refractivity contribution in [2.45, 2.75) is 149 Å². The van der Waals surface area contributed by atoms with Crippen LogP contribution in [0.4, 0.5) is 0 Å².